The van der Waals surface area contributed by atoms with Gasteiger partial charge in [-0.2, -0.15) is 0 Å². The lowest BCUT2D eigenvalue weighted by Gasteiger charge is -2.10. The van der Waals surface area contributed by atoms with Crippen molar-refractivity contribution in [3.8, 4) is 0 Å². The third-order valence-corrected chi connectivity index (χ3v) is 4.66. The number of anilines is 1. The first-order chi connectivity index (χ1) is 8.90. The highest BCUT2D eigenvalue weighted by Crippen LogP contribution is 2.30. The molecular weight excluding hydrogens is 312 g/mol. The van der Waals surface area contributed by atoms with Crippen LogP contribution in [0.4, 0.5) is 10.1 Å². The molecule has 2 aromatic rings. The third kappa shape index (κ3) is 3.18. The maximum Gasteiger partial charge on any atom is 0.263 e. The zero-order valence-electron chi connectivity index (χ0n) is 9.40. The summed E-state index contributed by atoms with van der Waals surface area (Å²) < 4.78 is 39.3. The van der Waals surface area contributed by atoms with Gasteiger partial charge >= 0.3 is 0 Å². The van der Waals surface area contributed by atoms with Crippen molar-refractivity contribution in [2.24, 2.45) is 0 Å². The van der Waals surface area contributed by atoms with E-state index in [0.29, 0.717) is 0 Å². The molecule has 0 spiro atoms. The molecule has 2 rings (SSSR count). The molecule has 2 aromatic carbocycles. The molecule has 0 amide bonds. The van der Waals surface area contributed by atoms with Crippen LogP contribution in [0.25, 0.3) is 0 Å². The average Bonchev–Trinajstić information content (AvgIpc) is 2.35. The minimum Gasteiger partial charge on any atom is -0.280 e. The highest BCUT2D eigenvalue weighted by Gasteiger charge is 2.19. The molecule has 0 aromatic heterocycles. The Morgan fingerprint density at radius 1 is 1.00 bits per heavy atom. The average molecular weight is 320 g/mol. The summed E-state index contributed by atoms with van der Waals surface area (Å²) in [6.45, 7) is 0. The molecule has 3 nitrogen and oxygen atoms in total. The molecule has 0 aliphatic carbocycles. The number of sulfonamides is 1. The molecule has 7 heteroatoms. The van der Waals surface area contributed by atoms with Crippen molar-refractivity contribution in [2.45, 2.75) is 4.90 Å². The number of halogens is 3. The number of nitrogens with one attached hydrogen (secondary N) is 1. The Morgan fingerprint density at radius 2 is 1.63 bits per heavy atom. The summed E-state index contributed by atoms with van der Waals surface area (Å²) in [7, 11) is -3.87. The van der Waals surface area contributed by atoms with Gasteiger partial charge in [-0.3, -0.25) is 4.72 Å². The van der Waals surface area contributed by atoms with Crippen molar-refractivity contribution in [1.82, 2.24) is 0 Å². The minimum absolute atomic E-state index is 0.0567. The van der Waals surface area contributed by atoms with Gasteiger partial charge in [-0.25, -0.2) is 12.8 Å². The number of rotatable bonds is 3. The summed E-state index contributed by atoms with van der Waals surface area (Å²) in [5.41, 5.74) is 0.234. The molecule has 0 heterocycles. The Hall–Kier alpha value is -1.30. The zero-order chi connectivity index (χ0) is 14.0. The fourth-order valence-electron chi connectivity index (χ4n) is 1.42. The van der Waals surface area contributed by atoms with E-state index in [2.05, 4.69) is 4.72 Å². The van der Waals surface area contributed by atoms with Crippen LogP contribution >= 0.6 is 23.2 Å². The van der Waals surface area contributed by atoms with E-state index in [4.69, 9.17) is 23.2 Å². The fraction of sp³-hybridized carbons (Fsp3) is 0. The maximum absolute atomic E-state index is 12.7. The van der Waals surface area contributed by atoms with Crippen molar-refractivity contribution < 1.29 is 12.8 Å². The topological polar surface area (TPSA) is 46.2 Å². The van der Waals surface area contributed by atoms with Crippen LogP contribution in [0.3, 0.4) is 0 Å². The van der Waals surface area contributed by atoms with Crippen molar-refractivity contribution in [1.29, 1.82) is 0 Å². The van der Waals surface area contributed by atoms with Crippen LogP contribution in [-0.2, 0) is 10.0 Å². The second-order valence-corrected chi connectivity index (χ2v) is 6.10. The Kier molecular flexibility index (Phi) is 3.99. The highest BCUT2D eigenvalue weighted by atomic mass is 35.5. The molecule has 0 saturated heterocycles. The number of benzene rings is 2. The van der Waals surface area contributed by atoms with Gasteiger partial charge in [-0.15, -0.1) is 0 Å². The fourth-order valence-corrected chi connectivity index (χ4v) is 3.24. The van der Waals surface area contributed by atoms with Crippen molar-refractivity contribution in [3.05, 3.63) is 58.3 Å². The van der Waals surface area contributed by atoms with Crippen LogP contribution in [-0.4, -0.2) is 8.42 Å². The molecule has 1 N–H and O–H groups in total. The first-order valence-electron chi connectivity index (χ1n) is 5.12. The highest BCUT2D eigenvalue weighted by molar-refractivity contribution is 7.92. The van der Waals surface area contributed by atoms with Gasteiger partial charge in [0.05, 0.1) is 10.0 Å². The van der Waals surface area contributed by atoms with Crippen molar-refractivity contribution >= 4 is 38.9 Å². The van der Waals surface area contributed by atoms with Gasteiger partial charge < -0.3 is 0 Å². The van der Waals surface area contributed by atoms with Crippen LogP contribution < -0.4 is 4.72 Å². The molecular formula is C12H8Cl2FNO2S. The van der Waals surface area contributed by atoms with Crippen LogP contribution in [0.1, 0.15) is 0 Å². The Morgan fingerprint density at radius 3 is 2.26 bits per heavy atom. The molecule has 0 atom stereocenters. The van der Waals surface area contributed by atoms with Gasteiger partial charge in [0.15, 0.2) is 0 Å². The van der Waals surface area contributed by atoms with Crippen LogP contribution in [0.5, 0.6) is 0 Å². The molecule has 0 aliphatic heterocycles. The molecule has 19 heavy (non-hydrogen) atoms. The molecule has 0 radical (unpaired) electrons. The second kappa shape index (κ2) is 5.36. The monoisotopic (exact) mass is 319 g/mol. The van der Waals surface area contributed by atoms with E-state index in [9.17, 15) is 12.8 Å². The van der Waals surface area contributed by atoms with E-state index >= 15 is 0 Å². The SMILES string of the molecule is O=S(=O)(Nc1ccc(F)cc1)c1cccc(Cl)c1Cl. The van der Waals surface area contributed by atoms with Gasteiger partial charge in [-0.05, 0) is 36.4 Å². The predicted molar refractivity (Wildman–Crippen MR) is 73.7 cm³/mol. The van der Waals surface area contributed by atoms with Crippen LogP contribution in [0, 0.1) is 5.82 Å². The zero-order valence-corrected chi connectivity index (χ0v) is 11.7. The summed E-state index contributed by atoms with van der Waals surface area (Å²) in [5.74, 6) is -0.455. The maximum atomic E-state index is 12.7. The number of hydrogen-bond acceptors (Lipinski definition) is 2. The van der Waals surface area contributed by atoms with Crippen molar-refractivity contribution in [3.63, 3.8) is 0 Å². The predicted octanol–water partition coefficient (Wildman–Crippen LogP) is 3.93. The lowest BCUT2D eigenvalue weighted by Crippen LogP contribution is -2.13. The lowest BCUT2D eigenvalue weighted by atomic mass is 10.3. The molecule has 0 saturated carbocycles. The summed E-state index contributed by atoms with van der Waals surface area (Å²) in [5, 5.41) is 0.0856. The van der Waals surface area contributed by atoms with Gasteiger partial charge in [-0.1, -0.05) is 29.3 Å². The smallest absolute Gasteiger partial charge is 0.263 e. The summed E-state index contributed by atoms with van der Waals surface area (Å²) >= 11 is 11.6. The quantitative estimate of drug-likeness (QED) is 0.931. The first kappa shape index (κ1) is 14.1. The Bertz CT molecular complexity index is 702. The second-order valence-electron chi connectivity index (χ2n) is 3.66. The first-order valence-corrected chi connectivity index (χ1v) is 7.36. The van der Waals surface area contributed by atoms with E-state index in [1.165, 1.54) is 30.3 Å². The largest absolute Gasteiger partial charge is 0.280 e. The van der Waals surface area contributed by atoms with Gasteiger partial charge in [0.2, 0.25) is 0 Å². The van der Waals surface area contributed by atoms with Crippen LogP contribution in [0.15, 0.2) is 47.4 Å². The molecule has 0 fully saturated rings. The van der Waals surface area contributed by atoms with Crippen LogP contribution in [0.2, 0.25) is 10.0 Å². The Labute approximate surface area is 120 Å². The van der Waals surface area contributed by atoms with E-state index in [1.807, 2.05) is 0 Å². The Balaban J connectivity index is 2.38. The molecule has 100 valence electrons. The lowest BCUT2D eigenvalue weighted by molar-refractivity contribution is 0.601. The summed E-state index contributed by atoms with van der Waals surface area (Å²) in [6.07, 6.45) is 0. The van der Waals surface area contributed by atoms with Gasteiger partial charge in [0, 0.05) is 5.69 Å². The summed E-state index contributed by atoms with van der Waals surface area (Å²) in [4.78, 5) is -0.133. The normalized spacial score (nSPS) is 11.3. The standard InChI is InChI=1S/C12H8Cl2FNO2S/c13-10-2-1-3-11(12(10)14)19(17,18)16-9-6-4-8(15)5-7-9/h1-7,16H. The van der Waals surface area contributed by atoms with E-state index in [-0.39, 0.29) is 20.6 Å². The number of hydrogen-bond donors (Lipinski definition) is 1. The molecule has 0 unspecified atom stereocenters. The molecule has 0 aliphatic rings. The van der Waals surface area contributed by atoms with E-state index in [0.717, 1.165) is 12.1 Å². The van der Waals surface area contributed by atoms with Gasteiger partial charge in [0.1, 0.15) is 10.7 Å². The van der Waals surface area contributed by atoms with Gasteiger partial charge in [0.25, 0.3) is 10.0 Å². The molecule has 0 bridgehead atoms. The summed E-state index contributed by atoms with van der Waals surface area (Å²) in [6, 6.07) is 9.22. The van der Waals surface area contributed by atoms with Crippen molar-refractivity contribution in [2.75, 3.05) is 4.72 Å². The third-order valence-electron chi connectivity index (χ3n) is 2.30. The van der Waals surface area contributed by atoms with E-state index < -0.39 is 15.8 Å². The minimum atomic E-state index is -3.87. The van der Waals surface area contributed by atoms with E-state index in [1.54, 1.807) is 0 Å².